The van der Waals surface area contributed by atoms with E-state index in [1.807, 2.05) is 0 Å². The van der Waals surface area contributed by atoms with Crippen molar-refractivity contribution in [2.45, 2.75) is 19.8 Å². The third-order valence-corrected chi connectivity index (χ3v) is 2.57. The Morgan fingerprint density at radius 2 is 2.14 bits per heavy atom. The van der Waals surface area contributed by atoms with E-state index < -0.39 is 16.9 Å². The number of carboxylic acids is 1. The summed E-state index contributed by atoms with van der Waals surface area (Å²) in [5.74, 6) is -0.631. The predicted octanol–water partition coefficient (Wildman–Crippen LogP) is 1.98. The van der Waals surface area contributed by atoms with E-state index in [-0.39, 0.29) is 30.8 Å². The SMILES string of the molecule is CCOc1ccc([N+](=O)[O-])cc1NC(=O)NCCCC(=O)O. The van der Waals surface area contributed by atoms with E-state index in [1.165, 1.54) is 18.2 Å². The Bertz CT molecular complexity index is 561. The summed E-state index contributed by atoms with van der Waals surface area (Å²) in [6.07, 6.45) is 0.233. The molecular weight excluding hydrogens is 294 g/mol. The lowest BCUT2D eigenvalue weighted by Crippen LogP contribution is -2.30. The number of aliphatic carboxylic acids is 1. The molecule has 1 aromatic rings. The zero-order valence-corrected chi connectivity index (χ0v) is 12.0. The maximum absolute atomic E-state index is 11.7. The van der Waals surface area contributed by atoms with E-state index in [2.05, 4.69) is 10.6 Å². The van der Waals surface area contributed by atoms with Crippen molar-refractivity contribution < 1.29 is 24.4 Å². The Labute approximate surface area is 126 Å². The highest BCUT2D eigenvalue weighted by atomic mass is 16.6. The first kappa shape index (κ1) is 17.2. The molecule has 22 heavy (non-hydrogen) atoms. The molecule has 3 N–H and O–H groups in total. The maximum atomic E-state index is 11.7. The highest BCUT2D eigenvalue weighted by Gasteiger charge is 2.13. The molecule has 0 unspecified atom stereocenters. The summed E-state index contributed by atoms with van der Waals surface area (Å²) in [6, 6.07) is 3.29. The number of hydrogen-bond acceptors (Lipinski definition) is 5. The molecule has 0 aliphatic heterocycles. The van der Waals surface area contributed by atoms with Crippen LogP contribution in [0.5, 0.6) is 5.75 Å². The van der Waals surface area contributed by atoms with E-state index in [4.69, 9.17) is 9.84 Å². The number of hydrogen-bond donors (Lipinski definition) is 3. The Morgan fingerprint density at radius 1 is 1.41 bits per heavy atom. The molecule has 0 aliphatic carbocycles. The molecule has 0 aliphatic rings. The van der Waals surface area contributed by atoms with Crippen LogP contribution in [0.3, 0.4) is 0 Å². The number of ether oxygens (including phenoxy) is 1. The van der Waals surface area contributed by atoms with Gasteiger partial charge in [0.1, 0.15) is 5.75 Å². The minimum absolute atomic E-state index is 0.0543. The molecule has 0 fully saturated rings. The molecular formula is C13H17N3O6. The predicted molar refractivity (Wildman–Crippen MR) is 78.2 cm³/mol. The first-order valence-corrected chi connectivity index (χ1v) is 6.62. The summed E-state index contributed by atoms with van der Waals surface area (Å²) in [4.78, 5) is 32.2. The molecule has 0 saturated heterocycles. The van der Waals surface area contributed by atoms with E-state index >= 15 is 0 Å². The number of nitro benzene ring substituents is 1. The zero-order valence-electron chi connectivity index (χ0n) is 12.0. The van der Waals surface area contributed by atoms with Crippen molar-refractivity contribution in [1.29, 1.82) is 0 Å². The van der Waals surface area contributed by atoms with Crippen molar-refractivity contribution >= 4 is 23.4 Å². The highest BCUT2D eigenvalue weighted by Crippen LogP contribution is 2.29. The number of benzene rings is 1. The van der Waals surface area contributed by atoms with Crippen LogP contribution in [0.1, 0.15) is 19.8 Å². The first-order valence-electron chi connectivity index (χ1n) is 6.62. The smallest absolute Gasteiger partial charge is 0.319 e. The van der Waals surface area contributed by atoms with Crippen LogP contribution in [0.15, 0.2) is 18.2 Å². The Kier molecular flexibility index (Phi) is 6.61. The van der Waals surface area contributed by atoms with Crippen LogP contribution in [0.4, 0.5) is 16.2 Å². The summed E-state index contributed by atoms with van der Waals surface area (Å²) in [5.41, 5.74) is -0.00332. The molecule has 9 nitrogen and oxygen atoms in total. The number of nitrogens with one attached hydrogen (secondary N) is 2. The van der Waals surface area contributed by atoms with Gasteiger partial charge in [-0.3, -0.25) is 14.9 Å². The molecule has 120 valence electrons. The standard InChI is InChI=1S/C13H17N3O6/c1-2-22-11-6-5-9(16(20)21)8-10(11)15-13(19)14-7-3-4-12(17)18/h5-6,8H,2-4,7H2,1H3,(H,17,18)(H2,14,15,19). The van der Waals surface area contributed by atoms with Crippen molar-refractivity contribution in [1.82, 2.24) is 5.32 Å². The van der Waals surface area contributed by atoms with E-state index in [9.17, 15) is 19.7 Å². The van der Waals surface area contributed by atoms with Crippen LogP contribution in [-0.2, 0) is 4.79 Å². The van der Waals surface area contributed by atoms with Crippen LogP contribution in [0, 0.1) is 10.1 Å². The van der Waals surface area contributed by atoms with Crippen LogP contribution in [0.2, 0.25) is 0 Å². The van der Waals surface area contributed by atoms with Gasteiger partial charge in [-0.15, -0.1) is 0 Å². The molecule has 0 atom stereocenters. The number of nitro groups is 1. The molecule has 0 radical (unpaired) electrons. The fraction of sp³-hybridized carbons (Fsp3) is 0.385. The number of carbonyl (C=O) groups excluding carboxylic acids is 1. The van der Waals surface area contributed by atoms with Crippen LogP contribution in [-0.4, -0.2) is 35.2 Å². The summed E-state index contributed by atoms with van der Waals surface area (Å²) >= 11 is 0. The number of rotatable bonds is 8. The summed E-state index contributed by atoms with van der Waals surface area (Å²) < 4.78 is 5.29. The van der Waals surface area contributed by atoms with Crippen molar-refractivity contribution in [3.8, 4) is 5.75 Å². The highest BCUT2D eigenvalue weighted by molar-refractivity contribution is 5.91. The molecule has 0 spiro atoms. The topological polar surface area (TPSA) is 131 Å². The summed E-state index contributed by atoms with van der Waals surface area (Å²) in [5, 5.41) is 24.2. The molecule has 0 aromatic heterocycles. The van der Waals surface area contributed by atoms with Gasteiger partial charge in [0.2, 0.25) is 0 Å². The molecule has 0 saturated carbocycles. The Balaban J connectivity index is 2.68. The van der Waals surface area contributed by atoms with Crippen LogP contribution < -0.4 is 15.4 Å². The van der Waals surface area contributed by atoms with Crippen molar-refractivity contribution in [3.63, 3.8) is 0 Å². The average Bonchev–Trinajstić information content (AvgIpc) is 2.45. The molecule has 1 aromatic carbocycles. The van der Waals surface area contributed by atoms with Crippen molar-refractivity contribution in [2.75, 3.05) is 18.5 Å². The fourth-order valence-electron chi connectivity index (χ4n) is 1.62. The second kappa shape index (κ2) is 8.45. The van der Waals surface area contributed by atoms with Gasteiger partial charge in [0.05, 0.1) is 17.2 Å². The van der Waals surface area contributed by atoms with Crippen molar-refractivity contribution in [3.05, 3.63) is 28.3 Å². The van der Waals surface area contributed by atoms with E-state index in [1.54, 1.807) is 6.92 Å². The molecule has 1 rings (SSSR count). The minimum atomic E-state index is -0.945. The number of anilines is 1. The molecule has 2 amide bonds. The van der Waals surface area contributed by atoms with Gasteiger partial charge in [-0.05, 0) is 19.4 Å². The fourth-order valence-corrected chi connectivity index (χ4v) is 1.62. The van der Waals surface area contributed by atoms with Gasteiger partial charge in [-0.2, -0.15) is 0 Å². The average molecular weight is 311 g/mol. The number of amides is 2. The number of non-ortho nitro benzene ring substituents is 1. The summed E-state index contributed by atoms with van der Waals surface area (Å²) in [7, 11) is 0. The number of urea groups is 1. The van der Waals surface area contributed by atoms with Gasteiger partial charge >= 0.3 is 12.0 Å². The molecule has 0 bridgehead atoms. The second-order valence-corrected chi connectivity index (χ2v) is 4.25. The second-order valence-electron chi connectivity index (χ2n) is 4.25. The third kappa shape index (κ3) is 5.65. The Morgan fingerprint density at radius 3 is 2.73 bits per heavy atom. The number of nitrogens with zero attached hydrogens (tertiary/aromatic N) is 1. The first-order chi connectivity index (χ1) is 10.4. The van der Waals surface area contributed by atoms with Crippen LogP contribution >= 0.6 is 0 Å². The lowest BCUT2D eigenvalue weighted by atomic mass is 10.2. The van der Waals surface area contributed by atoms with Crippen molar-refractivity contribution in [2.24, 2.45) is 0 Å². The van der Waals surface area contributed by atoms with Gasteiger partial charge in [0, 0.05) is 25.1 Å². The number of carboxylic acid groups (broad SMARTS) is 1. The third-order valence-electron chi connectivity index (χ3n) is 2.57. The van der Waals surface area contributed by atoms with Gasteiger partial charge in [-0.1, -0.05) is 0 Å². The lowest BCUT2D eigenvalue weighted by Gasteiger charge is -2.12. The number of carbonyl (C=O) groups is 2. The largest absolute Gasteiger partial charge is 0.492 e. The van der Waals surface area contributed by atoms with Gasteiger partial charge in [-0.25, -0.2) is 4.79 Å². The van der Waals surface area contributed by atoms with Gasteiger partial charge in [0.15, 0.2) is 0 Å². The van der Waals surface area contributed by atoms with E-state index in [0.717, 1.165) is 0 Å². The van der Waals surface area contributed by atoms with Gasteiger partial charge in [0.25, 0.3) is 5.69 Å². The molecule has 9 heteroatoms. The minimum Gasteiger partial charge on any atom is -0.492 e. The lowest BCUT2D eigenvalue weighted by molar-refractivity contribution is -0.384. The quantitative estimate of drug-likeness (QED) is 0.382. The zero-order chi connectivity index (χ0) is 16.5. The molecule has 0 heterocycles. The van der Waals surface area contributed by atoms with Crippen LogP contribution in [0.25, 0.3) is 0 Å². The van der Waals surface area contributed by atoms with Gasteiger partial charge < -0.3 is 20.5 Å². The summed E-state index contributed by atoms with van der Waals surface area (Å²) in [6.45, 7) is 2.26. The Hall–Kier alpha value is -2.84. The van der Waals surface area contributed by atoms with E-state index in [0.29, 0.717) is 12.4 Å². The normalized spacial score (nSPS) is 9.86. The maximum Gasteiger partial charge on any atom is 0.319 e. The monoisotopic (exact) mass is 311 g/mol.